The first kappa shape index (κ1) is 12.7. The van der Waals surface area contributed by atoms with Gasteiger partial charge in [-0.15, -0.1) is 0 Å². The Hall–Kier alpha value is -0.340. The van der Waals surface area contributed by atoms with Gasteiger partial charge in [0.2, 0.25) is 0 Å². The first-order chi connectivity index (χ1) is 5.85. The van der Waals surface area contributed by atoms with E-state index in [-0.39, 0.29) is 0 Å². The third-order valence-electron chi connectivity index (χ3n) is 1.82. The average molecular weight is 185 g/mol. The molecule has 0 bridgehead atoms. The lowest BCUT2D eigenvalue weighted by Crippen LogP contribution is -2.38. The fourth-order valence-electron chi connectivity index (χ4n) is 1.16. The van der Waals surface area contributed by atoms with Gasteiger partial charge >= 0.3 is 0 Å². The van der Waals surface area contributed by atoms with Gasteiger partial charge in [-0.05, 0) is 34.2 Å². The lowest BCUT2D eigenvalue weighted by Gasteiger charge is -2.26. The molecule has 2 heteroatoms. The maximum Gasteiger partial charge on any atom is 0.0718 e. The number of aliphatic hydroxyl groups is 1. The van der Waals surface area contributed by atoms with Crippen molar-refractivity contribution in [2.24, 2.45) is 0 Å². The number of rotatable bonds is 5. The van der Waals surface area contributed by atoms with Gasteiger partial charge in [0.1, 0.15) is 0 Å². The van der Waals surface area contributed by atoms with Crippen LogP contribution in [0.5, 0.6) is 0 Å². The summed E-state index contributed by atoms with van der Waals surface area (Å²) in [6.07, 6.45) is 2.19. The summed E-state index contributed by atoms with van der Waals surface area (Å²) in [6, 6.07) is 0. The molecule has 78 valence electrons. The van der Waals surface area contributed by atoms with Gasteiger partial charge in [-0.3, -0.25) is 4.90 Å². The topological polar surface area (TPSA) is 23.5 Å². The van der Waals surface area contributed by atoms with Crippen molar-refractivity contribution >= 4 is 0 Å². The highest BCUT2D eigenvalue weighted by Crippen LogP contribution is 2.04. The van der Waals surface area contributed by atoms with Gasteiger partial charge in [0.05, 0.1) is 5.60 Å². The normalized spacial score (nSPS) is 11.9. The molecule has 0 saturated carbocycles. The molecular weight excluding hydrogens is 162 g/mol. The van der Waals surface area contributed by atoms with E-state index >= 15 is 0 Å². The van der Waals surface area contributed by atoms with E-state index in [2.05, 4.69) is 31.7 Å². The Morgan fingerprint density at radius 1 is 1.38 bits per heavy atom. The minimum Gasteiger partial charge on any atom is -0.389 e. The van der Waals surface area contributed by atoms with Crippen LogP contribution in [-0.2, 0) is 0 Å². The van der Waals surface area contributed by atoms with Gasteiger partial charge in [-0.1, -0.05) is 18.6 Å². The molecule has 0 aliphatic carbocycles. The fourth-order valence-corrected chi connectivity index (χ4v) is 1.16. The Bertz CT molecular complexity index is 163. The lowest BCUT2D eigenvalue weighted by molar-refractivity contribution is 0.0416. The maximum atomic E-state index is 9.62. The molecule has 0 aliphatic heterocycles. The van der Waals surface area contributed by atoms with Crippen molar-refractivity contribution in [3.05, 3.63) is 11.6 Å². The molecule has 0 unspecified atom stereocenters. The minimum atomic E-state index is -0.592. The molecule has 0 radical (unpaired) electrons. The van der Waals surface area contributed by atoms with Gasteiger partial charge in [-0.25, -0.2) is 0 Å². The molecule has 0 spiro atoms. The molecule has 1 N–H and O–H groups in total. The minimum absolute atomic E-state index is 0.592. The molecule has 0 aromatic heterocycles. The second-order valence-corrected chi connectivity index (χ2v) is 4.42. The molecular formula is C11H23NO. The summed E-state index contributed by atoms with van der Waals surface area (Å²) in [4.78, 5) is 2.23. The zero-order valence-corrected chi connectivity index (χ0v) is 9.59. The molecule has 0 heterocycles. The smallest absolute Gasteiger partial charge is 0.0718 e. The monoisotopic (exact) mass is 185 g/mol. The van der Waals surface area contributed by atoms with E-state index in [4.69, 9.17) is 0 Å². The van der Waals surface area contributed by atoms with E-state index in [0.29, 0.717) is 0 Å². The Kier molecular flexibility index (Phi) is 5.26. The molecule has 0 rings (SSSR count). The van der Waals surface area contributed by atoms with Crippen molar-refractivity contribution in [3.8, 4) is 0 Å². The van der Waals surface area contributed by atoms with Crippen LogP contribution in [0, 0.1) is 0 Å². The van der Waals surface area contributed by atoms with E-state index < -0.39 is 5.60 Å². The maximum absolute atomic E-state index is 9.62. The molecule has 0 aromatic carbocycles. The van der Waals surface area contributed by atoms with Gasteiger partial charge in [0.25, 0.3) is 0 Å². The van der Waals surface area contributed by atoms with Crippen LogP contribution in [0.3, 0.4) is 0 Å². The molecule has 0 amide bonds. The molecule has 0 saturated heterocycles. The number of allylic oxidation sites excluding steroid dienone is 1. The molecule has 0 fully saturated rings. The van der Waals surface area contributed by atoms with Gasteiger partial charge in [-0.2, -0.15) is 0 Å². The SMILES string of the molecule is CCN(CC=C(C)C)CC(C)(C)O. The van der Waals surface area contributed by atoms with Crippen molar-refractivity contribution in [2.75, 3.05) is 19.6 Å². The standard InChI is InChI=1S/C11H23NO/c1-6-12(8-7-10(2)3)9-11(4,5)13/h7,13H,6,8-9H2,1-5H3. The summed E-state index contributed by atoms with van der Waals surface area (Å²) >= 11 is 0. The summed E-state index contributed by atoms with van der Waals surface area (Å²) in [7, 11) is 0. The average Bonchev–Trinajstić information content (AvgIpc) is 1.95. The highest BCUT2D eigenvalue weighted by molar-refractivity contribution is 4.95. The van der Waals surface area contributed by atoms with Crippen LogP contribution >= 0.6 is 0 Å². The summed E-state index contributed by atoms with van der Waals surface area (Å²) < 4.78 is 0. The zero-order chi connectivity index (χ0) is 10.5. The first-order valence-corrected chi connectivity index (χ1v) is 4.93. The number of likely N-dealkylation sites (N-methyl/N-ethyl adjacent to an activating group) is 1. The summed E-state index contributed by atoms with van der Waals surface area (Å²) in [5.74, 6) is 0. The van der Waals surface area contributed by atoms with Crippen molar-refractivity contribution in [2.45, 2.75) is 40.2 Å². The van der Waals surface area contributed by atoms with E-state index in [1.54, 1.807) is 0 Å². The molecule has 0 aliphatic rings. The highest BCUT2D eigenvalue weighted by Gasteiger charge is 2.15. The molecule has 0 aromatic rings. The van der Waals surface area contributed by atoms with Crippen LogP contribution in [0.4, 0.5) is 0 Å². The van der Waals surface area contributed by atoms with Crippen molar-refractivity contribution < 1.29 is 5.11 Å². The van der Waals surface area contributed by atoms with Crippen molar-refractivity contribution in [3.63, 3.8) is 0 Å². The Balaban J connectivity index is 3.98. The second kappa shape index (κ2) is 5.40. The zero-order valence-electron chi connectivity index (χ0n) is 9.59. The van der Waals surface area contributed by atoms with Crippen LogP contribution in [0.25, 0.3) is 0 Å². The predicted octanol–water partition coefficient (Wildman–Crippen LogP) is 2.05. The Morgan fingerprint density at radius 2 is 1.92 bits per heavy atom. The summed E-state index contributed by atoms with van der Waals surface area (Å²) in [5.41, 5.74) is 0.736. The van der Waals surface area contributed by atoms with Crippen LogP contribution in [0.2, 0.25) is 0 Å². The third-order valence-corrected chi connectivity index (χ3v) is 1.82. The Labute approximate surface area is 82.3 Å². The van der Waals surface area contributed by atoms with Crippen LogP contribution in [0.1, 0.15) is 34.6 Å². The number of nitrogens with zero attached hydrogens (tertiary/aromatic N) is 1. The van der Waals surface area contributed by atoms with E-state index in [9.17, 15) is 5.11 Å². The third kappa shape index (κ3) is 8.00. The highest BCUT2D eigenvalue weighted by atomic mass is 16.3. The number of hydrogen-bond acceptors (Lipinski definition) is 2. The van der Waals surface area contributed by atoms with Gasteiger partial charge in [0.15, 0.2) is 0 Å². The molecule has 2 nitrogen and oxygen atoms in total. The Morgan fingerprint density at radius 3 is 2.23 bits per heavy atom. The first-order valence-electron chi connectivity index (χ1n) is 4.93. The van der Waals surface area contributed by atoms with Crippen LogP contribution < -0.4 is 0 Å². The summed E-state index contributed by atoms with van der Waals surface area (Å²) in [5, 5.41) is 9.62. The van der Waals surface area contributed by atoms with Crippen molar-refractivity contribution in [1.29, 1.82) is 0 Å². The predicted molar refractivity (Wildman–Crippen MR) is 57.8 cm³/mol. The molecule has 0 atom stereocenters. The van der Waals surface area contributed by atoms with E-state index in [1.165, 1.54) is 5.57 Å². The van der Waals surface area contributed by atoms with Crippen LogP contribution in [-0.4, -0.2) is 35.2 Å². The van der Waals surface area contributed by atoms with Crippen molar-refractivity contribution in [1.82, 2.24) is 4.90 Å². The largest absolute Gasteiger partial charge is 0.389 e. The van der Waals surface area contributed by atoms with E-state index in [0.717, 1.165) is 19.6 Å². The lowest BCUT2D eigenvalue weighted by atomic mass is 10.1. The van der Waals surface area contributed by atoms with E-state index in [1.807, 2.05) is 13.8 Å². The van der Waals surface area contributed by atoms with Gasteiger partial charge in [0, 0.05) is 13.1 Å². The van der Waals surface area contributed by atoms with Crippen LogP contribution in [0.15, 0.2) is 11.6 Å². The molecule has 13 heavy (non-hydrogen) atoms. The second-order valence-electron chi connectivity index (χ2n) is 4.42. The summed E-state index contributed by atoms with van der Waals surface area (Å²) in [6.45, 7) is 12.6. The number of hydrogen-bond donors (Lipinski definition) is 1. The fraction of sp³-hybridized carbons (Fsp3) is 0.818. The quantitative estimate of drug-likeness (QED) is 0.663. The van der Waals surface area contributed by atoms with Gasteiger partial charge < -0.3 is 5.11 Å².